The van der Waals surface area contributed by atoms with Gasteiger partial charge >= 0.3 is 0 Å². The molecule has 20 heavy (non-hydrogen) atoms. The van der Waals surface area contributed by atoms with Crippen LogP contribution in [-0.2, 0) is 0 Å². The van der Waals surface area contributed by atoms with Crippen molar-refractivity contribution in [2.45, 2.75) is 0 Å². The first kappa shape index (κ1) is 14.9. The van der Waals surface area contributed by atoms with Crippen LogP contribution >= 0.6 is 39.1 Å². The summed E-state index contributed by atoms with van der Waals surface area (Å²) < 4.78 is 0.817. The van der Waals surface area contributed by atoms with E-state index < -0.39 is 0 Å². The molecule has 0 aliphatic heterocycles. The minimum atomic E-state index is 0.382. The monoisotopic (exact) mass is 368 g/mol. The summed E-state index contributed by atoms with van der Waals surface area (Å²) in [5, 5.41) is 4.44. The molecule has 0 aromatic heterocycles. The Hall–Kier alpha value is -1.52. The highest BCUT2D eigenvalue weighted by Crippen LogP contribution is 2.32. The Labute approximate surface area is 133 Å². The van der Waals surface area contributed by atoms with Crippen molar-refractivity contribution in [2.75, 3.05) is 0 Å². The van der Waals surface area contributed by atoms with Crippen LogP contribution in [-0.4, -0.2) is 6.21 Å². The van der Waals surface area contributed by atoms with Gasteiger partial charge in [-0.1, -0.05) is 56.4 Å². The van der Waals surface area contributed by atoms with Crippen molar-refractivity contribution in [3.8, 4) is 0 Å². The molecule has 0 fully saturated rings. The van der Waals surface area contributed by atoms with E-state index in [0.717, 1.165) is 4.47 Å². The summed E-state index contributed by atoms with van der Waals surface area (Å²) in [6.07, 6.45) is 1.58. The molecule has 0 N–H and O–H groups in total. The Bertz CT molecular complexity index is 724. The highest BCUT2D eigenvalue weighted by atomic mass is 79.9. The summed E-state index contributed by atoms with van der Waals surface area (Å²) in [7, 11) is 0. The first-order chi connectivity index (χ1) is 9.61. The van der Waals surface area contributed by atoms with E-state index in [0.29, 0.717) is 27.0 Å². The molecular formula is C13H7BrCl2N4. The van der Waals surface area contributed by atoms with Gasteiger partial charge in [0.15, 0.2) is 0 Å². The molecule has 0 amide bonds. The molecule has 0 heterocycles. The number of halogens is 3. The normalized spacial score (nSPS) is 10.6. The van der Waals surface area contributed by atoms with Gasteiger partial charge in [-0.15, -0.1) is 0 Å². The summed E-state index contributed by atoms with van der Waals surface area (Å²) in [6, 6.07) is 10.5. The largest absolute Gasteiger partial charge is 0.255 e. The van der Waals surface area contributed by atoms with E-state index in [1.54, 1.807) is 36.5 Å². The summed E-state index contributed by atoms with van der Waals surface area (Å²) >= 11 is 15.3. The first-order valence-corrected chi connectivity index (χ1v) is 6.99. The van der Waals surface area contributed by atoms with Crippen molar-refractivity contribution in [1.29, 1.82) is 0 Å². The Balaban J connectivity index is 2.41. The van der Waals surface area contributed by atoms with Crippen LogP contribution in [0.5, 0.6) is 0 Å². The van der Waals surface area contributed by atoms with Crippen LogP contribution in [0.3, 0.4) is 0 Å². The van der Waals surface area contributed by atoms with Gasteiger partial charge in [0.2, 0.25) is 0 Å². The maximum absolute atomic E-state index is 8.56. The van der Waals surface area contributed by atoms with Gasteiger partial charge in [-0.25, -0.2) is 0 Å². The second kappa shape index (κ2) is 6.77. The lowest BCUT2D eigenvalue weighted by Crippen LogP contribution is -1.82. The van der Waals surface area contributed by atoms with Crippen molar-refractivity contribution in [2.24, 2.45) is 10.1 Å². The second-order valence-electron chi connectivity index (χ2n) is 3.72. The standard InChI is InChI=1S/C13H7BrCl2N4/c14-9-5-4-8(12(6-9)19-20-17)7-18-11-3-1-2-10(15)13(11)16/h1-7H. The Morgan fingerprint density at radius 2 is 1.95 bits per heavy atom. The van der Waals surface area contributed by atoms with Gasteiger partial charge in [-0.2, -0.15) is 0 Å². The zero-order valence-electron chi connectivity index (χ0n) is 9.96. The molecule has 2 aromatic rings. The van der Waals surface area contributed by atoms with Crippen molar-refractivity contribution in [3.63, 3.8) is 0 Å². The highest BCUT2D eigenvalue weighted by molar-refractivity contribution is 9.10. The molecule has 2 rings (SSSR count). The van der Waals surface area contributed by atoms with Gasteiger partial charge < -0.3 is 0 Å². The fourth-order valence-electron chi connectivity index (χ4n) is 1.49. The molecule has 0 spiro atoms. The average molecular weight is 370 g/mol. The number of hydrogen-bond acceptors (Lipinski definition) is 2. The summed E-state index contributed by atoms with van der Waals surface area (Å²) in [6.45, 7) is 0. The maximum Gasteiger partial charge on any atom is 0.0848 e. The zero-order valence-corrected chi connectivity index (χ0v) is 13.1. The molecule has 0 unspecified atom stereocenters. The molecule has 100 valence electrons. The quantitative estimate of drug-likeness (QED) is 0.258. The second-order valence-corrected chi connectivity index (χ2v) is 5.42. The lowest BCUT2D eigenvalue weighted by molar-refractivity contribution is 1.44. The first-order valence-electron chi connectivity index (χ1n) is 5.44. The minimum absolute atomic E-state index is 0.382. The number of azide groups is 1. The molecular weight excluding hydrogens is 363 g/mol. The molecule has 0 saturated carbocycles. The molecule has 0 atom stereocenters. The third-order valence-electron chi connectivity index (χ3n) is 2.42. The molecule has 0 saturated heterocycles. The zero-order chi connectivity index (χ0) is 14.5. The minimum Gasteiger partial charge on any atom is -0.255 e. The van der Waals surface area contributed by atoms with Crippen LogP contribution in [0.4, 0.5) is 11.4 Å². The average Bonchev–Trinajstić information content (AvgIpc) is 2.42. The van der Waals surface area contributed by atoms with E-state index in [1.165, 1.54) is 0 Å². The molecule has 4 nitrogen and oxygen atoms in total. The van der Waals surface area contributed by atoms with Crippen molar-refractivity contribution in [1.82, 2.24) is 0 Å². The molecule has 0 radical (unpaired) electrons. The highest BCUT2D eigenvalue weighted by Gasteiger charge is 2.03. The summed E-state index contributed by atoms with van der Waals surface area (Å²) in [5.41, 5.74) is 10.3. The van der Waals surface area contributed by atoms with Crippen LogP contribution < -0.4 is 0 Å². The van der Waals surface area contributed by atoms with Crippen molar-refractivity contribution >= 4 is 56.7 Å². The van der Waals surface area contributed by atoms with E-state index in [1.807, 2.05) is 6.07 Å². The number of rotatable bonds is 3. The SMILES string of the molecule is [N-]=[N+]=Nc1cc(Br)ccc1C=Nc1cccc(Cl)c1Cl. The van der Waals surface area contributed by atoms with Crippen molar-refractivity contribution < 1.29 is 0 Å². The Kier molecular flexibility index (Phi) is 5.04. The van der Waals surface area contributed by atoms with Crippen LogP contribution in [0, 0.1) is 0 Å². The van der Waals surface area contributed by atoms with Gasteiger partial charge in [0, 0.05) is 26.8 Å². The third kappa shape index (κ3) is 3.52. The van der Waals surface area contributed by atoms with Gasteiger partial charge in [-0.05, 0) is 29.8 Å². The van der Waals surface area contributed by atoms with E-state index in [2.05, 4.69) is 30.9 Å². The molecule has 0 bridgehead atoms. The van der Waals surface area contributed by atoms with Gasteiger partial charge in [0.25, 0.3) is 0 Å². The molecule has 0 aliphatic rings. The fourth-order valence-corrected chi connectivity index (χ4v) is 2.19. The third-order valence-corrected chi connectivity index (χ3v) is 3.72. The number of nitrogens with zero attached hydrogens (tertiary/aromatic N) is 4. The van der Waals surface area contributed by atoms with Gasteiger partial charge in [0.05, 0.1) is 15.7 Å². The predicted octanol–water partition coefficient (Wildman–Crippen LogP) is 6.45. The summed E-state index contributed by atoms with van der Waals surface area (Å²) in [5.74, 6) is 0. The molecule has 7 heteroatoms. The lowest BCUT2D eigenvalue weighted by Gasteiger charge is -2.02. The predicted molar refractivity (Wildman–Crippen MR) is 86.7 cm³/mol. The molecule has 2 aromatic carbocycles. The van der Waals surface area contributed by atoms with E-state index in [9.17, 15) is 0 Å². The number of benzene rings is 2. The number of aliphatic imine (C=N–C) groups is 1. The lowest BCUT2D eigenvalue weighted by atomic mass is 10.2. The molecule has 0 aliphatic carbocycles. The number of hydrogen-bond donors (Lipinski definition) is 0. The maximum atomic E-state index is 8.56. The van der Waals surface area contributed by atoms with Crippen LogP contribution in [0.15, 0.2) is 51.0 Å². The Morgan fingerprint density at radius 3 is 2.70 bits per heavy atom. The fraction of sp³-hybridized carbons (Fsp3) is 0. The Morgan fingerprint density at radius 1 is 1.15 bits per heavy atom. The van der Waals surface area contributed by atoms with Gasteiger partial charge in [0.1, 0.15) is 0 Å². The van der Waals surface area contributed by atoms with E-state index in [-0.39, 0.29) is 0 Å². The van der Waals surface area contributed by atoms with Crippen LogP contribution in [0.1, 0.15) is 5.56 Å². The van der Waals surface area contributed by atoms with Gasteiger partial charge in [-0.3, -0.25) is 4.99 Å². The van der Waals surface area contributed by atoms with E-state index >= 15 is 0 Å². The van der Waals surface area contributed by atoms with E-state index in [4.69, 9.17) is 28.7 Å². The smallest absolute Gasteiger partial charge is 0.0848 e. The van der Waals surface area contributed by atoms with Crippen LogP contribution in [0.25, 0.3) is 10.4 Å². The summed E-state index contributed by atoms with van der Waals surface area (Å²) in [4.78, 5) is 7.06. The van der Waals surface area contributed by atoms with Crippen LogP contribution in [0.2, 0.25) is 10.0 Å². The van der Waals surface area contributed by atoms with Crippen molar-refractivity contribution in [3.05, 3.63) is 66.9 Å². The topological polar surface area (TPSA) is 61.1 Å².